The topological polar surface area (TPSA) is 52.7 Å². The van der Waals surface area contributed by atoms with E-state index in [0.717, 1.165) is 44.6 Å². The summed E-state index contributed by atoms with van der Waals surface area (Å²) >= 11 is 8.56. The van der Waals surface area contributed by atoms with Gasteiger partial charge in [0.1, 0.15) is 5.78 Å². The summed E-state index contributed by atoms with van der Waals surface area (Å²) in [6, 6.07) is 16.1. The summed E-state index contributed by atoms with van der Waals surface area (Å²) in [5.41, 5.74) is 1.32. The number of nitrogens with one attached hydrogen (secondary N) is 1. The smallest absolute Gasteiger partial charge is 0.234 e. The molecule has 2 aromatic rings. The van der Waals surface area contributed by atoms with Gasteiger partial charge in [0.05, 0.1) is 6.54 Å². The summed E-state index contributed by atoms with van der Waals surface area (Å²) in [6.45, 7) is 5.66. The van der Waals surface area contributed by atoms with Gasteiger partial charge >= 0.3 is 0 Å². The van der Waals surface area contributed by atoms with Gasteiger partial charge in [-0.15, -0.1) is 0 Å². The van der Waals surface area contributed by atoms with Crippen molar-refractivity contribution in [3.8, 4) is 0 Å². The zero-order valence-electron chi connectivity index (χ0n) is 21.4. The van der Waals surface area contributed by atoms with Crippen molar-refractivity contribution in [1.82, 2.24) is 15.1 Å². The van der Waals surface area contributed by atoms with Gasteiger partial charge in [0.15, 0.2) is 0 Å². The molecule has 2 heterocycles. The average Bonchev–Trinajstić information content (AvgIpc) is 3.17. The van der Waals surface area contributed by atoms with Crippen molar-refractivity contribution in [3.63, 3.8) is 0 Å². The largest absolute Gasteiger partial charge is 0.354 e. The van der Waals surface area contributed by atoms with Gasteiger partial charge in [-0.05, 0) is 61.0 Å². The van der Waals surface area contributed by atoms with Gasteiger partial charge in [-0.2, -0.15) is 25.3 Å². The number of rotatable bonds is 13. The molecule has 2 saturated heterocycles. The van der Waals surface area contributed by atoms with E-state index in [1.54, 1.807) is 0 Å². The Kier molecular flexibility index (Phi) is 10.2. The van der Waals surface area contributed by atoms with Crippen LogP contribution in [0.15, 0.2) is 42.5 Å². The highest BCUT2D eigenvalue weighted by Gasteiger charge is 2.49. The third-order valence-electron chi connectivity index (χ3n) is 8.09. The molecular weight excluding hydrogens is 486 g/mol. The number of amides is 1. The maximum Gasteiger partial charge on any atom is 0.234 e. The highest BCUT2D eigenvalue weighted by Crippen LogP contribution is 2.48. The molecule has 2 aliphatic heterocycles. The summed E-state index contributed by atoms with van der Waals surface area (Å²) in [6.07, 6.45) is 4.93. The number of ketones is 1. The number of Topliss-reactive ketones (excluding diaryl/α,β-unsaturated/α-hetero) is 1. The van der Waals surface area contributed by atoms with Crippen molar-refractivity contribution in [1.29, 1.82) is 0 Å². The highest BCUT2D eigenvalue weighted by molar-refractivity contribution is 7.80. The molecule has 4 unspecified atom stereocenters. The van der Waals surface area contributed by atoms with E-state index in [2.05, 4.69) is 82.8 Å². The molecule has 4 rings (SSSR count). The minimum absolute atomic E-state index is 0.0516. The molecule has 36 heavy (non-hydrogen) atoms. The monoisotopic (exact) mass is 527 g/mol. The molecule has 2 aromatic carbocycles. The Labute approximate surface area is 227 Å². The maximum absolute atomic E-state index is 13.3. The van der Waals surface area contributed by atoms with E-state index in [1.807, 2.05) is 6.92 Å². The molecule has 2 bridgehead atoms. The Balaban J connectivity index is 1.43. The normalized spacial score (nSPS) is 23.9. The SMILES string of the molecule is CCC(=O)C1C(c2ccc3ccccc3c2)CC2CCC1N2CCCN(CCS)CC(=O)NCCS. The zero-order valence-corrected chi connectivity index (χ0v) is 23.2. The van der Waals surface area contributed by atoms with Crippen LogP contribution in [0.2, 0.25) is 0 Å². The van der Waals surface area contributed by atoms with E-state index in [4.69, 9.17) is 0 Å². The molecule has 0 aromatic heterocycles. The summed E-state index contributed by atoms with van der Waals surface area (Å²) in [5.74, 6) is 2.20. The van der Waals surface area contributed by atoms with Crippen LogP contribution in [0.3, 0.4) is 0 Å². The summed E-state index contributed by atoms with van der Waals surface area (Å²) < 4.78 is 0. The van der Waals surface area contributed by atoms with Crippen LogP contribution in [0, 0.1) is 5.92 Å². The molecule has 0 spiro atoms. The Hall–Kier alpha value is -1.54. The van der Waals surface area contributed by atoms with Crippen molar-refractivity contribution >= 4 is 47.7 Å². The standard InChI is InChI=1S/C29H41N3O2S2/c1-2-27(33)29-25(23-9-8-21-6-3-4-7-22(21)18-23)19-24-10-11-26(29)32(24)14-5-13-31(15-17-36)20-28(34)30-12-16-35/h3-4,6-9,18,24-26,29,35-36H,2,5,10-17,19-20H2,1H3,(H,30,34). The quantitative estimate of drug-likeness (QED) is 0.338. The number of hydrogen-bond donors (Lipinski definition) is 3. The number of piperidine rings is 1. The van der Waals surface area contributed by atoms with Crippen molar-refractivity contribution in [2.24, 2.45) is 5.92 Å². The van der Waals surface area contributed by atoms with Gasteiger partial charge < -0.3 is 5.32 Å². The fourth-order valence-corrected chi connectivity index (χ4v) is 6.85. The molecule has 7 heteroatoms. The first kappa shape index (κ1) is 27.5. The highest BCUT2D eigenvalue weighted by atomic mass is 32.1. The summed E-state index contributed by atoms with van der Waals surface area (Å²) in [5, 5.41) is 5.43. The second kappa shape index (κ2) is 13.3. The Bertz CT molecular complexity index is 1030. The minimum Gasteiger partial charge on any atom is -0.354 e. The second-order valence-electron chi connectivity index (χ2n) is 10.3. The van der Waals surface area contributed by atoms with E-state index in [0.29, 0.717) is 49.0 Å². The molecule has 1 N–H and O–H groups in total. The molecule has 0 saturated carbocycles. The zero-order chi connectivity index (χ0) is 25.5. The van der Waals surface area contributed by atoms with Crippen LogP contribution in [-0.2, 0) is 9.59 Å². The van der Waals surface area contributed by atoms with E-state index < -0.39 is 0 Å². The van der Waals surface area contributed by atoms with Crippen LogP contribution in [0.4, 0.5) is 0 Å². The van der Waals surface area contributed by atoms with Crippen LogP contribution < -0.4 is 5.32 Å². The average molecular weight is 528 g/mol. The number of carbonyl (C=O) groups excluding carboxylic acids is 2. The van der Waals surface area contributed by atoms with Crippen molar-refractivity contribution < 1.29 is 9.59 Å². The molecular formula is C29H41N3O2S2. The van der Waals surface area contributed by atoms with Gasteiger partial charge in [0.2, 0.25) is 5.91 Å². The molecule has 196 valence electrons. The Morgan fingerprint density at radius 3 is 2.61 bits per heavy atom. The van der Waals surface area contributed by atoms with Crippen molar-refractivity contribution in [2.75, 3.05) is 44.2 Å². The Morgan fingerprint density at radius 2 is 1.86 bits per heavy atom. The second-order valence-corrected chi connectivity index (χ2v) is 11.2. The summed E-state index contributed by atoms with van der Waals surface area (Å²) in [7, 11) is 0. The lowest BCUT2D eigenvalue weighted by molar-refractivity contribution is -0.127. The fraction of sp³-hybridized carbons (Fsp3) is 0.586. The van der Waals surface area contributed by atoms with E-state index in [-0.39, 0.29) is 11.8 Å². The van der Waals surface area contributed by atoms with Crippen LogP contribution in [0.1, 0.15) is 50.5 Å². The molecule has 4 atom stereocenters. The third kappa shape index (κ3) is 6.47. The molecule has 2 fully saturated rings. The van der Waals surface area contributed by atoms with Crippen LogP contribution in [-0.4, -0.2) is 77.8 Å². The van der Waals surface area contributed by atoms with Gasteiger partial charge in [0, 0.05) is 49.0 Å². The van der Waals surface area contributed by atoms with Gasteiger partial charge in [0.25, 0.3) is 0 Å². The predicted octanol–water partition coefficient (Wildman–Crippen LogP) is 4.42. The molecule has 0 radical (unpaired) electrons. The lowest BCUT2D eigenvalue weighted by atomic mass is 9.73. The molecule has 0 aliphatic carbocycles. The van der Waals surface area contributed by atoms with E-state index in [9.17, 15) is 9.59 Å². The number of fused-ring (bicyclic) bond motifs is 3. The van der Waals surface area contributed by atoms with Gasteiger partial charge in [-0.3, -0.25) is 19.4 Å². The molecule has 5 nitrogen and oxygen atoms in total. The maximum atomic E-state index is 13.3. The predicted molar refractivity (Wildman–Crippen MR) is 155 cm³/mol. The van der Waals surface area contributed by atoms with Gasteiger partial charge in [-0.25, -0.2) is 0 Å². The van der Waals surface area contributed by atoms with Crippen LogP contribution >= 0.6 is 25.3 Å². The molecule has 2 aliphatic rings. The number of nitrogens with zero attached hydrogens (tertiary/aromatic N) is 2. The number of carbonyl (C=O) groups is 2. The van der Waals surface area contributed by atoms with E-state index >= 15 is 0 Å². The lowest BCUT2D eigenvalue weighted by Gasteiger charge is -2.44. The lowest BCUT2D eigenvalue weighted by Crippen LogP contribution is -2.51. The number of hydrogen-bond acceptors (Lipinski definition) is 6. The first-order valence-electron chi connectivity index (χ1n) is 13.5. The number of benzene rings is 2. The van der Waals surface area contributed by atoms with Crippen LogP contribution in [0.25, 0.3) is 10.8 Å². The fourth-order valence-electron chi connectivity index (χ4n) is 6.46. The van der Waals surface area contributed by atoms with Crippen molar-refractivity contribution in [2.45, 2.75) is 57.0 Å². The van der Waals surface area contributed by atoms with Crippen molar-refractivity contribution in [3.05, 3.63) is 48.0 Å². The minimum atomic E-state index is 0.0516. The Morgan fingerprint density at radius 1 is 1.06 bits per heavy atom. The number of thiol groups is 2. The molecule has 1 amide bonds. The third-order valence-corrected chi connectivity index (χ3v) is 8.52. The van der Waals surface area contributed by atoms with Gasteiger partial charge in [-0.1, -0.05) is 49.4 Å². The first-order chi connectivity index (χ1) is 17.5. The first-order valence-corrected chi connectivity index (χ1v) is 14.8. The van der Waals surface area contributed by atoms with Crippen LogP contribution in [0.5, 0.6) is 0 Å². The summed E-state index contributed by atoms with van der Waals surface area (Å²) in [4.78, 5) is 30.4. The van der Waals surface area contributed by atoms with E-state index in [1.165, 1.54) is 22.8 Å².